The summed E-state index contributed by atoms with van der Waals surface area (Å²) < 4.78 is 17.5. The Balaban J connectivity index is 2.04. The number of esters is 1. The minimum Gasteiger partial charge on any atom is -0.496 e. The third-order valence-electron chi connectivity index (χ3n) is 4.78. The van der Waals surface area contributed by atoms with Gasteiger partial charge in [-0.3, -0.25) is 14.4 Å². The monoisotopic (exact) mass is 401 g/mol. The summed E-state index contributed by atoms with van der Waals surface area (Å²) in [6, 6.07) is 6.67. The van der Waals surface area contributed by atoms with Gasteiger partial charge >= 0.3 is 5.97 Å². The minimum absolute atomic E-state index is 0.0928. The minimum atomic E-state index is -0.564. The summed E-state index contributed by atoms with van der Waals surface area (Å²) in [5.74, 6) is -0.452. The lowest BCUT2D eigenvalue weighted by atomic mass is 10.0. The van der Waals surface area contributed by atoms with Crippen LogP contribution in [0.5, 0.6) is 5.75 Å². The summed E-state index contributed by atoms with van der Waals surface area (Å²) in [4.78, 5) is 36.4. The maximum Gasteiger partial charge on any atom is 0.310 e. The van der Waals surface area contributed by atoms with Crippen LogP contribution in [0.3, 0.4) is 0 Å². The quantitative estimate of drug-likeness (QED) is 0.450. The lowest BCUT2D eigenvalue weighted by Gasteiger charge is -2.10. The number of carbonyl (C=O) groups excluding carboxylic acids is 3. The molecule has 0 aliphatic rings. The Morgan fingerprint density at radius 2 is 1.79 bits per heavy atom. The average Bonchev–Trinajstić information content (AvgIpc) is 2.98. The molecule has 2 rings (SSSR count). The summed E-state index contributed by atoms with van der Waals surface area (Å²) in [5.41, 5.74) is 3.31. The molecule has 7 nitrogen and oxygen atoms in total. The van der Waals surface area contributed by atoms with Crippen molar-refractivity contribution >= 4 is 17.5 Å². The van der Waals surface area contributed by atoms with E-state index in [2.05, 4.69) is 0 Å². The first-order chi connectivity index (χ1) is 13.8. The van der Waals surface area contributed by atoms with Gasteiger partial charge in [0.25, 0.3) is 0 Å². The van der Waals surface area contributed by atoms with E-state index in [-0.39, 0.29) is 24.6 Å². The molecule has 0 atom stereocenters. The molecule has 156 valence electrons. The number of Topliss-reactive ketones (excluding diaryl/α,β-unsaturated/α-hetero) is 2. The van der Waals surface area contributed by atoms with E-state index in [1.165, 1.54) is 14.0 Å². The summed E-state index contributed by atoms with van der Waals surface area (Å²) >= 11 is 0. The maximum absolute atomic E-state index is 12.5. The Hall–Kier alpha value is -2.93. The number of benzene rings is 1. The van der Waals surface area contributed by atoms with Crippen LogP contribution in [0, 0.1) is 13.8 Å². The largest absolute Gasteiger partial charge is 0.496 e. The van der Waals surface area contributed by atoms with Crippen LogP contribution < -0.4 is 4.74 Å². The molecule has 1 heterocycles. The van der Waals surface area contributed by atoms with Crippen molar-refractivity contribution in [1.82, 2.24) is 4.57 Å². The smallest absolute Gasteiger partial charge is 0.310 e. The second kappa shape index (κ2) is 10.0. The molecule has 2 aromatic rings. The molecular weight excluding hydrogens is 374 g/mol. The first kappa shape index (κ1) is 22.4. The molecular formula is C22H27NO6. The highest BCUT2D eigenvalue weighted by molar-refractivity contribution is 5.99. The number of methoxy groups -OCH3 is 2. The molecule has 0 aliphatic carbocycles. The zero-order valence-electron chi connectivity index (χ0n) is 17.5. The number of nitrogens with zero attached hydrogens (tertiary/aromatic N) is 1. The SMILES string of the molecule is COCCn1c(C)cc(C(=O)COC(=O)Cc2cc(C(C)=O)ccc2OC)c1C. The van der Waals surface area contributed by atoms with Gasteiger partial charge in [0, 0.05) is 41.7 Å². The number of carbonyl (C=O) groups is 3. The van der Waals surface area contributed by atoms with Gasteiger partial charge in [-0.05, 0) is 45.0 Å². The van der Waals surface area contributed by atoms with Gasteiger partial charge in [0.05, 0.1) is 20.1 Å². The van der Waals surface area contributed by atoms with E-state index in [1.54, 1.807) is 31.4 Å². The zero-order valence-corrected chi connectivity index (χ0v) is 17.5. The predicted octanol–water partition coefficient (Wildman–Crippen LogP) is 2.93. The van der Waals surface area contributed by atoms with E-state index in [1.807, 2.05) is 18.4 Å². The molecule has 0 saturated carbocycles. The highest BCUT2D eigenvalue weighted by Crippen LogP contribution is 2.21. The molecule has 0 fully saturated rings. The second-order valence-corrected chi connectivity index (χ2v) is 6.77. The highest BCUT2D eigenvalue weighted by atomic mass is 16.5. The Labute approximate surface area is 170 Å². The second-order valence-electron chi connectivity index (χ2n) is 6.77. The Bertz CT molecular complexity index is 912. The summed E-state index contributed by atoms with van der Waals surface area (Å²) in [5, 5.41) is 0. The van der Waals surface area contributed by atoms with Crippen molar-refractivity contribution in [3.8, 4) is 5.75 Å². The number of hydrogen-bond acceptors (Lipinski definition) is 6. The van der Waals surface area contributed by atoms with Crippen LogP contribution >= 0.6 is 0 Å². The first-order valence-corrected chi connectivity index (χ1v) is 9.30. The van der Waals surface area contributed by atoms with E-state index in [4.69, 9.17) is 14.2 Å². The molecule has 1 aromatic heterocycles. The Morgan fingerprint density at radius 1 is 1.07 bits per heavy atom. The highest BCUT2D eigenvalue weighted by Gasteiger charge is 2.18. The molecule has 0 amide bonds. The molecule has 1 aromatic carbocycles. The third-order valence-corrected chi connectivity index (χ3v) is 4.78. The van der Waals surface area contributed by atoms with Gasteiger partial charge in [0.2, 0.25) is 5.78 Å². The Kier molecular flexibility index (Phi) is 7.73. The lowest BCUT2D eigenvalue weighted by Crippen LogP contribution is -2.17. The van der Waals surface area contributed by atoms with Gasteiger partial charge in [-0.2, -0.15) is 0 Å². The number of hydrogen-bond donors (Lipinski definition) is 0. The van der Waals surface area contributed by atoms with Crippen molar-refractivity contribution in [3.63, 3.8) is 0 Å². The number of aromatic nitrogens is 1. The fraction of sp³-hybridized carbons (Fsp3) is 0.409. The van der Waals surface area contributed by atoms with Gasteiger partial charge in [0.15, 0.2) is 12.4 Å². The molecule has 0 bridgehead atoms. The average molecular weight is 401 g/mol. The van der Waals surface area contributed by atoms with Crippen LogP contribution in [0.2, 0.25) is 0 Å². The summed E-state index contributed by atoms with van der Waals surface area (Å²) in [6.45, 7) is 6.07. The molecule has 7 heteroatoms. The molecule has 0 aliphatic heterocycles. The summed E-state index contributed by atoms with van der Waals surface area (Å²) in [7, 11) is 3.11. The number of ether oxygens (including phenoxy) is 3. The molecule has 0 radical (unpaired) electrons. The van der Waals surface area contributed by atoms with Crippen molar-refractivity contribution in [1.29, 1.82) is 0 Å². The molecule has 0 spiro atoms. The zero-order chi connectivity index (χ0) is 21.6. The predicted molar refractivity (Wildman–Crippen MR) is 108 cm³/mol. The number of aryl methyl sites for hydroxylation is 1. The van der Waals surface area contributed by atoms with Crippen molar-refractivity contribution in [3.05, 3.63) is 52.3 Å². The normalized spacial score (nSPS) is 10.7. The standard InChI is InChI=1S/C22H27NO6/c1-14-10-19(15(2)23(14)8-9-27-4)20(25)13-29-22(26)12-18-11-17(16(3)24)6-7-21(18)28-5/h6-7,10-11H,8-9,12-13H2,1-5H3. The van der Waals surface area contributed by atoms with E-state index < -0.39 is 5.97 Å². The van der Waals surface area contributed by atoms with Crippen molar-refractivity contribution in [2.45, 2.75) is 33.7 Å². The van der Waals surface area contributed by atoms with E-state index in [0.717, 1.165) is 11.4 Å². The van der Waals surface area contributed by atoms with Crippen molar-refractivity contribution in [2.75, 3.05) is 27.4 Å². The number of ketones is 2. The van der Waals surface area contributed by atoms with Gasteiger partial charge in [-0.15, -0.1) is 0 Å². The van der Waals surface area contributed by atoms with Gasteiger partial charge in [-0.1, -0.05) is 0 Å². The van der Waals surface area contributed by atoms with Crippen LogP contribution in [0.15, 0.2) is 24.3 Å². The lowest BCUT2D eigenvalue weighted by molar-refractivity contribution is -0.141. The van der Waals surface area contributed by atoms with E-state index in [9.17, 15) is 14.4 Å². The van der Waals surface area contributed by atoms with Crippen LogP contribution in [0.1, 0.15) is 44.6 Å². The van der Waals surface area contributed by atoms with Crippen molar-refractivity contribution < 1.29 is 28.6 Å². The molecule has 0 unspecified atom stereocenters. The molecule has 0 saturated heterocycles. The van der Waals surface area contributed by atoms with Crippen LogP contribution in [-0.4, -0.2) is 49.5 Å². The topological polar surface area (TPSA) is 83.8 Å². The maximum atomic E-state index is 12.5. The number of rotatable bonds is 10. The Morgan fingerprint density at radius 3 is 2.41 bits per heavy atom. The molecule has 29 heavy (non-hydrogen) atoms. The van der Waals surface area contributed by atoms with Crippen molar-refractivity contribution in [2.24, 2.45) is 0 Å². The van der Waals surface area contributed by atoms with Crippen LogP contribution in [-0.2, 0) is 27.2 Å². The van der Waals surface area contributed by atoms with E-state index >= 15 is 0 Å². The van der Waals surface area contributed by atoms with Gasteiger partial charge < -0.3 is 18.8 Å². The third kappa shape index (κ3) is 5.54. The summed E-state index contributed by atoms with van der Waals surface area (Å²) in [6.07, 6.45) is -0.0928. The fourth-order valence-electron chi connectivity index (χ4n) is 3.18. The van der Waals surface area contributed by atoms with Crippen LogP contribution in [0.25, 0.3) is 0 Å². The van der Waals surface area contributed by atoms with Gasteiger partial charge in [-0.25, -0.2) is 0 Å². The fourth-order valence-corrected chi connectivity index (χ4v) is 3.18. The van der Waals surface area contributed by atoms with Crippen LogP contribution in [0.4, 0.5) is 0 Å². The van der Waals surface area contributed by atoms with E-state index in [0.29, 0.717) is 35.6 Å². The van der Waals surface area contributed by atoms with Gasteiger partial charge in [0.1, 0.15) is 5.75 Å². The molecule has 0 N–H and O–H groups in total. The first-order valence-electron chi connectivity index (χ1n) is 9.30.